The fraction of sp³-hybridized carbons (Fsp3) is 0.0667. The molecule has 0 aliphatic rings. The van der Waals surface area contributed by atoms with E-state index in [1.54, 1.807) is 25.6 Å². The summed E-state index contributed by atoms with van der Waals surface area (Å²) in [6.07, 6.45) is 3.53. The zero-order valence-corrected chi connectivity index (χ0v) is 11.6. The van der Waals surface area contributed by atoms with Crippen molar-refractivity contribution in [1.29, 1.82) is 0 Å². The summed E-state index contributed by atoms with van der Waals surface area (Å²) in [6, 6.07) is 11.0. The lowest BCUT2D eigenvalue weighted by Gasteiger charge is -2.09. The molecule has 0 saturated carbocycles. The van der Waals surface area contributed by atoms with Crippen LogP contribution in [0.5, 0.6) is 5.75 Å². The lowest BCUT2D eigenvalue weighted by molar-refractivity contribution is 0.419. The van der Waals surface area contributed by atoms with E-state index in [4.69, 9.17) is 4.74 Å². The van der Waals surface area contributed by atoms with Crippen LogP contribution in [0.1, 0.15) is 0 Å². The first kappa shape index (κ1) is 14.1. The maximum atomic E-state index is 11.5. The van der Waals surface area contributed by atoms with Crippen LogP contribution >= 0.6 is 12.4 Å². The molecule has 2 heterocycles. The fourth-order valence-electron chi connectivity index (χ4n) is 2.17. The third kappa shape index (κ3) is 2.38. The summed E-state index contributed by atoms with van der Waals surface area (Å²) in [5, 5.41) is 0.937. The number of nitrogens with zero attached hydrogens (tertiary/aromatic N) is 1. The summed E-state index contributed by atoms with van der Waals surface area (Å²) in [5.41, 5.74) is 2.58. The number of aromatic amines is 1. The van der Waals surface area contributed by atoms with Gasteiger partial charge in [-0.05, 0) is 29.8 Å². The topological polar surface area (TPSA) is 55.0 Å². The first-order valence-electron chi connectivity index (χ1n) is 5.90. The van der Waals surface area contributed by atoms with Crippen molar-refractivity contribution in [3.8, 4) is 16.9 Å². The van der Waals surface area contributed by atoms with E-state index in [9.17, 15) is 4.79 Å². The van der Waals surface area contributed by atoms with Gasteiger partial charge in [-0.1, -0.05) is 6.07 Å². The Labute approximate surface area is 121 Å². The summed E-state index contributed by atoms with van der Waals surface area (Å²) in [6.45, 7) is 0. The standard InChI is InChI=1S/C15H12N2O2.ClH/c1-19-13-6-4-11(10-3-2-8-16-9-10)12-5-7-14(18)17-15(12)13;/h2-9H,1H3,(H,17,18);1H. The molecular formula is C15H13ClN2O2. The molecule has 0 saturated heterocycles. The number of hydrogen-bond acceptors (Lipinski definition) is 3. The molecule has 2 aromatic heterocycles. The van der Waals surface area contributed by atoms with Crippen molar-refractivity contribution in [3.63, 3.8) is 0 Å². The predicted octanol–water partition coefficient (Wildman–Crippen LogP) is 3.02. The van der Waals surface area contributed by atoms with Crippen molar-refractivity contribution in [2.24, 2.45) is 0 Å². The number of methoxy groups -OCH3 is 1. The van der Waals surface area contributed by atoms with Crippen LogP contribution in [0, 0.1) is 0 Å². The minimum Gasteiger partial charge on any atom is -0.495 e. The molecule has 3 rings (SSSR count). The predicted molar refractivity (Wildman–Crippen MR) is 81.6 cm³/mol. The average Bonchev–Trinajstić information content (AvgIpc) is 2.47. The van der Waals surface area contributed by atoms with Crippen LogP contribution in [-0.4, -0.2) is 17.1 Å². The monoisotopic (exact) mass is 288 g/mol. The van der Waals surface area contributed by atoms with E-state index >= 15 is 0 Å². The van der Waals surface area contributed by atoms with E-state index in [0.29, 0.717) is 11.3 Å². The molecule has 0 aliphatic carbocycles. The first-order valence-corrected chi connectivity index (χ1v) is 5.90. The highest BCUT2D eigenvalue weighted by Crippen LogP contribution is 2.31. The minimum absolute atomic E-state index is 0. The van der Waals surface area contributed by atoms with Gasteiger partial charge < -0.3 is 9.72 Å². The van der Waals surface area contributed by atoms with Crippen LogP contribution < -0.4 is 10.3 Å². The molecule has 0 unspecified atom stereocenters. The quantitative estimate of drug-likeness (QED) is 0.788. The van der Waals surface area contributed by atoms with Gasteiger partial charge >= 0.3 is 0 Å². The second-order valence-electron chi connectivity index (χ2n) is 4.17. The highest BCUT2D eigenvalue weighted by atomic mass is 35.5. The van der Waals surface area contributed by atoms with Gasteiger partial charge in [0, 0.05) is 29.4 Å². The summed E-state index contributed by atoms with van der Waals surface area (Å²) in [4.78, 5) is 18.4. The number of pyridine rings is 2. The van der Waals surface area contributed by atoms with Crippen LogP contribution in [0.3, 0.4) is 0 Å². The van der Waals surface area contributed by atoms with Gasteiger partial charge in [-0.15, -0.1) is 12.4 Å². The first-order chi connectivity index (χ1) is 9.29. The molecule has 0 spiro atoms. The highest BCUT2D eigenvalue weighted by Gasteiger charge is 2.08. The lowest BCUT2D eigenvalue weighted by Crippen LogP contribution is -2.04. The van der Waals surface area contributed by atoms with Crippen LogP contribution in [0.25, 0.3) is 22.0 Å². The number of hydrogen-bond donors (Lipinski definition) is 1. The second kappa shape index (κ2) is 5.75. The normalized spacial score (nSPS) is 10.1. The minimum atomic E-state index is -0.144. The van der Waals surface area contributed by atoms with Crippen LogP contribution in [-0.2, 0) is 0 Å². The Morgan fingerprint density at radius 2 is 2.00 bits per heavy atom. The maximum absolute atomic E-state index is 11.5. The molecule has 0 fully saturated rings. The molecule has 3 aromatic rings. The van der Waals surface area contributed by atoms with Gasteiger partial charge in [0.05, 0.1) is 12.6 Å². The third-order valence-electron chi connectivity index (χ3n) is 3.05. The van der Waals surface area contributed by atoms with E-state index in [1.165, 1.54) is 6.07 Å². The lowest BCUT2D eigenvalue weighted by atomic mass is 10.0. The fourth-order valence-corrected chi connectivity index (χ4v) is 2.17. The van der Waals surface area contributed by atoms with Crippen molar-refractivity contribution in [2.45, 2.75) is 0 Å². The Kier molecular flexibility index (Phi) is 4.05. The number of H-pyrrole nitrogens is 1. The van der Waals surface area contributed by atoms with E-state index in [2.05, 4.69) is 9.97 Å². The Balaban J connectivity index is 0.00000147. The molecule has 0 radical (unpaired) electrons. The zero-order valence-electron chi connectivity index (χ0n) is 10.8. The van der Waals surface area contributed by atoms with Gasteiger partial charge in [0.1, 0.15) is 5.75 Å². The molecule has 20 heavy (non-hydrogen) atoms. The largest absolute Gasteiger partial charge is 0.495 e. The van der Waals surface area contributed by atoms with E-state index in [0.717, 1.165) is 16.5 Å². The number of nitrogens with one attached hydrogen (secondary N) is 1. The number of aromatic nitrogens is 2. The highest BCUT2D eigenvalue weighted by molar-refractivity contribution is 5.97. The molecule has 1 N–H and O–H groups in total. The number of rotatable bonds is 2. The SMILES string of the molecule is COc1ccc(-c2cccnc2)c2ccc(=O)[nH]c12.Cl. The van der Waals surface area contributed by atoms with Crippen molar-refractivity contribution in [2.75, 3.05) is 7.11 Å². The van der Waals surface area contributed by atoms with Crippen molar-refractivity contribution in [3.05, 3.63) is 59.1 Å². The van der Waals surface area contributed by atoms with Gasteiger partial charge in [-0.25, -0.2) is 0 Å². The molecule has 4 nitrogen and oxygen atoms in total. The number of ether oxygens (including phenoxy) is 1. The van der Waals surface area contributed by atoms with Gasteiger partial charge in [-0.2, -0.15) is 0 Å². The smallest absolute Gasteiger partial charge is 0.248 e. The van der Waals surface area contributed by atoms with Crippen LogP contribution in [0.2, 0.25) is 0 Å². The zero-order chi connectivity index (χ0) is 13.2. The number of benzene rings is 1. The molecule has 102 valence electrons. The van der Waals surface area contributed by atoms with Gasteiger partial charge in [0.25, 0.3) is 0 Å². The number of halogens is 1. The Hall–Kier alpha value is -2.33. The summed E-state index contributed by atoms with van der Waals surface area (Å²) in [5.74, 6) is 0.653. The summed E-state index contributed by atoms with van der Waals surface area (Å²) >= 11 is 0. The van der Waals surface area contributed by atoms with Crippen LogP contribution in [0.4, 0.5) is 0 Å². The molecule has 0 atom stereocenters. The molecule has 5 heteroatoms. The average molecular weight is 289 g/mol. The summed E-state index contributed by atoms with van der Waals surface area (Å²) < 4.78 is 5.29. The van der Waals surface area contributed by atoms with Gasteiger partial charge in [-0.3, -0.25) is 9.78 Å². The van der Waals surface area contributed by atoms with Crippen LogP contribution in [0.15, 0.2) is 53.6 Å². The van der Waals surface area contributed by atoms with Crippen molar-refractivity contribution < 1.29 is 4.74 Å². The molecule has 0 aliphatic heterocycles. The third-order valence-corrected chi connectivity index (χ3v) is 3.05. The van der Waals surface area contributed by atoms with Crippen molar-refractivity contribution >= 4 is 23.3 Å². The van der Waals surface area contributed by atoms with E-state index in [-0.39, 0.29) is 18.0 Å². The molecule has 0 bridgehead atoms. The summed E-state index contributed by atoms with van der Waals surface area (Å²) in [7, 11) is 1.59. The number of fused-ring (bicyclic) bond motifs is 1. The van der Waals surface area contributed by atoms with E-state index < -0.39 is 0 Å². The second-order valence-corrected chi connectivity index (χ2v) is 4.17. The Bertz CT molecular complexity index is 785. The van der Waals surface area contributed by atoms with Gasteiger partial charge in [0.2, 0.25) is 5.56 Å². The molecular weight excluding hydrogens is 276 g/mol. The van der Waals surface area contributed by atoms with E-state index in [1.807, 2.05) is 24.3 Å². The van der Waals surface area contributed by atoms with Crippen molar-refractivity contribution in [1.82, 2.24) is 9.97 Å². The molecule has 0 amide bonds. The maximum Gasteiger partial charge on any atom is 0.248 e. The Morgan fingerprint density at radius 1 is 1.15 bits per heavy atom. The Morgan fingerprint density at radius 3 is 2.70 bits per heavy atom. The van der Waals surface area contributed by atoms with Gasteiger partial charge in [0.15, 0.2) is 0 Å². The molecule has 1 aromatic carbocycles.